The van der Waals surface area contributed by atoms with Crippen LogP contribution in [0.2, 0.25) is 0 Å². The Hall–Kier alpha value is -2.28. The van der Waals surface area contributed by atoms with Crippen LogP contribution in [-0.2, 0) is 6.54 Å². The quantitative estimate of drug-likeness (QED) is 0.938. The highest BCUT2D eigenvalue weighted by Crippen LogP contribution is 2.28. The van der Waals surface area contributed by atoms with Gasteiger partial charge in [0, 0.05) is 17.8 Å². The number of aromatic nitrogens is 1. The highest BCUT2D eigenvalue weighted by atomic mass is 19.4. The summed E-state index contributed by atoms with van der Waals surface area (Å²) in [4.78, 5) is 4.21. The molecule has 0 fully saturated rings. The van der Waals surface area contributed by atoms with Gasteiger partial charge in [0.1, 0.15) is 11.5 Å². The smallest absolute Gasteiger partial charge is 0.439 e. The van der Waals surface area contributed by atoms with Gasteiger partial charge >= 0.3 is 6.36 Å². The van der Waals surface area contributed by atoms with Crippen LogP contribution in [0.15, 0.2) is 36.4 Å². The van der Waals surface area contributed by atoms with Crippen LogP contribution in [0, 0.1) is 6.92 Å². The first kappa shape index (κ1) is 15.1. The summed E-state index contributed by atoms with van der Waals surface area (Å²) < 4.78 is 45.5. The predicted molar refractivity (Wildman–Crippen MR) is 70.1 cm³/mol. The van der Waals surface area contributed by atoms with E-state index in [1.807, 2.05) is 0 Å². The van der Waals surface area contributed by atoms with Crippen molar-refractivity contribution in [1.29, 1.82) is 0 Å². The molecule has 0 unspecified atom stereocenters. The summed E-state index contributed by atoms with van der Waals surface area (Å²) in [6.45, 7) is 2.05. The molecule has 0 amide bonds. The summed E-state index contributed by atoms with van der Waals surface area (Å²) in [7, 11) is 0. The highest BCUT2D eigenvalue weighted by Gasteiger charge is 2.30. The van der Waals surface area contributed by atoms with E-state index in [-0.39, 0.29) is 12.3 Å². The standard InChI is InChI=1S/C14H13F3N2O2/c1-9-2-3-10(8-18)13(19-9)20-11-4-6-12(7-5-11)21-14(15,16)17/h2-7H,8,18H2,1H3. The molecule has 1 aromatic carbocycles. The molecule has 2 rings (SSSR count). The molecule has 1 heterocycles. The molecule has 7 heteroatoms. The highest BCUT2D eigenvalue weighted by molar-refractivity contribution is 5.36. The zero-order valence-corrected chi connectivity index (χ0v) is 11.1. The molecule has 0 aliphatic carbocycles. The summed E-state index contributed by atoms with van der Waals surface area (Å²) in [5.41, 5.74) is 7.04. The predicted octanol–water partition coefficient (Wildman–Crippen LogP) is 3.54. The van der Waals surface area contributed by atoms with E-state index in [9.17, 15) is 13.2 Å². The van der Waals surface area contributed by atoms with Crippen molar-refractivity contribution in [1.82, 2.24) is 4.98 Å². The molecule has 0 spiro atoms. The summed E-state index contributed by atoms with van der Waals surface area (Å²) in [6.07, 6.45) is -4.72. The van der Waals surface area contributed by atoms with Gasteiger partial charge in [-0.25, -0.2) is 4.98 Å². The lowest BCUT2D eigenvalue weighted by molar-refractivity contribution is -0.274. The summed E-state index contributed by atoms with van der Waals surface area (Å²) >= 11 is 0. The van der Waals surface area contributed by atoms with Crippen molar-refractivity contribution >= 4 is 0 Å². The van der Waals surface area contributed by atoms with Crippen molar-refractivity contribution in [3.63, 3.8) is 0 Å². The van der Waals surface area contributed by atoms with Gasteiger partial charge in [-0.05, 0) is 37.3 Å². The molecule has 2 aromatic rings. The summed E-state index contributed by atoms with van der Waals surface area (Å²) in [5.74, 6) is 0.366. The van der Waals surface area contributed by atoms with Gasteiger partial charge < -0.3 is 15.2 Å². The summed E-state index contributed by atoms with van der Waals surface area (Å²) in [5, 5.41) is 0. The number of hydrogen-bond acceptors (Lipinski definition) is 4. The molecule has 0 bridgehead atoms. The lowest BCUT2D eigenvalue weighted by atomic mass is 10.2. The molecule has 0 aliphatic heterocycles. The normalized spacial score (nSPS) is 11.3. The first-order valence-corrected chi connectivity index (χ1v) is 6.07. The van der Waals surface area contributed by atoms with Crippen molar-refractivity contribution in [2.24, 2.45) is 5.73 Å². The second-order valence-electron chi connectivity index (χ2n) is 4.24. The zero-order valence-electron chi connectivity index (χ0n) is 11.1. The number of benzene rings is 1. The van der Waals surface area contributed by atoms with Gasteiger partial charge in [-0.1, -0.05) is 6.07 Å². The minimum absolute atomic E-state index is 0.248. The number of rotatable bonds is 4. The van der Waals surface area contributed by atoms with Crippen LogP contribution in [-0.4, -0.2) is 11.3 Å². The minimum atomic E-state index is -4.72. The van der Waals surface area contributed by atoms with Crippen molar-refractivity contribution in [3.05, 3.63) is 47.7 Å². The average molecular weight is 298 g/mol. The van der Waals surface area contributed by atoms with E-state index in [4.69, 9.17) is 10.5 Å². The number of nitrogens with zero attached hydrogens (tertiary/aromatic N) is 1. The molecule has 112 valence electrons. The van der Waals surface area contributed by atoms with E-state index in [1.54, 1.807) is 19.1 Å². The van der Waals surface area contributed by atoms with Crippen molar-refractivity contribution in [2.75, 3.05) is 0 Å². The van der Waals surface area contributed by atoms with Gasteiger partial charge in [-0.3, -0.25) is 0 Å². The maximum Gasteiger partial charge on any atom is 0.573 e. The van der Waals surface area contributed by atoms with Gasteiger partial charge in [0.05, 0.1) is 0 Å². The third kappa shape index (κ3) is 4.35. The van der Waals surface area contributed by atoms with Crippen molar-refractivity contribution < 1.29 is 22.6 Å². The number of hydrogen-bond donors (Lipinski definition) is 1. The average Bonchev–Trinajstić information content (AvgIpc) is 2.40. The third-order valence-electron chi connectivity index (χ3n) is 2.57. The van der Waals surface area contributed by atoms with Crippen LogP contribution in [0.1, 0.15) is 11.3 Å². The SMILES string of the molecule is Cc1ccc(CN)c(Oc2ccc(OC(F)(F)F)cc2)n1. The maximum atomic E-state index is 12.1. The Morgan fingerprint density at radius 3 is 2.24 bits per heavy atom. The van der Waals surface area contributed by atoms with E-state index in [1.165, 1.54) is 24.3 Å². The largest absolute Gasteiger partial charge is 0.573 e. The third-order valence-corrected chi connectivity index (χ3v) is 2.57. The Morgan fingerprint density at radius 1 is 1.05 bits per heavy atom. The molecule has 1 aromatic heterocycles. The van der Waals surface area contributed by atoms with E-state index in [0.29, 0.717) is 17.2 Å². The summed E-state index contributed by atoms with van der Waals surface area (Å²) in [6, 6.07) is 8.66. The van der Waals surface area contributed by atoms with Crippen LogP contribution in [0.4, 0.5) is 13.2 Å². The zero-order chi connectivity index (χ0) is 15.5. The number of nitrogens with two attached hydrogens (primary N) is 1. The molecule has 0 atom stereocenters. The second-order valence-corrected chi connectivity index (χ2v) is 4.24. The Morgan fingerprint density at radius 2 is 1.67 bits per heavy atom. The number of ether oxygens (including phenoxy) is 2. The number of halogens is 3. The molecule has 21 heavy (non-hydrogen) atoms. The molecular weight excluding hydrogens is 285 g/mol. The molecule has 0 saturated carbocycles. The van der Waals surface area contributed by atoms with Gasteiger partial charge in [0.25, 0.3) is 0 Å². The van der Waals surface area contributed by atoms with Gasteiger partial charge in [-0.15, -0.1) is 13.2 Å². The Labute approximate surface area is 119 Å². The van der Waals surface area contributed by atoms with Gasteiger partial charge in [-0.2, -0.15) is 0 Å². The van der Waals surface area contributed by atoms with Crippen LogP contribution in [0.25, 0.3) is 0 Å². The van der Waals surface area contributed by atoms with Crippen LogP contribution in [0.5, 0.6) is 17.4 Å². The van der Waals surface area contributed by atoms with Gasteiger partial charge in [0.15, 0.2) is 0 Å². The van der Waals surface area contributed by atoms with E-state index >= 15 is 0 Å². The fraction of sp³-hybridized carbons (Fsp3) is 0.214. The fourth-order valence-electron chi connectivity index (χ4n) is 1.63. The van der Waals surface area contributed by atoms with E-state index < -0.39 is 6.36 Å². The van der Waals surface area contributed by atoms with Gasteiger partial charge in [0.2, 0.25) is 5.88 Å². The monoisotopic (exact) mass is 298 g/mol. The number of aryl methyl sites for hydroxylation is 1. The maximum absolute atomic E-state index is 12.1. The molecule has 2 N–H and O–H groups in total. The molecular formula is C14H13F3N2O2. The minimum Gasteiger partial charge on any atom is -0.439 e. The fourth-order valence-corrected chi connectivity index (χ4v) is 1.63. The van der Waals surface area contributed by atoms with E-state index in [0.717, 1.165) is 5.69 Å². The number of pyridine rings is 1. The number of alkyl halides is 3. The van der Waals surface area contributed by atoms with Crippen LogP contribution < -0.4 is 15.2 Å². The van der Waals surface area contributed by atoms with Crippen LogP contribution >= 0.6 is 0 Å². The second kappa shape index (κ2) is 6.01. The van der Waals surface area contributed by atoms with Crippen molar-refractivity contribution in [3.8, 4) is 17.4 Å². The van der Waals surface area contributed by atoms with Crippen molar-refractivity contribution in [2.45, 2.75) is 19.8 Å². The Balaban J connectivity index is 2.15. The molecule has 0 radical (unpaired) electrons. The first-order valence-electron chi connectivity index (χ1n) is 6.07. The topological polar surface area (TPSA) is 57.4 Å². The van der Waals surface area contributed by atoms with Crippen LogP contribution in [0.3, 0.4) is 0 Å². The lowest BCUT2D eigenvalue weighted by Crippen LogP contribution is -2.16. The molecule has 0 saturated heterocycles. The first-order chi connectivity index (χ1) is 9.87. The Bertz CT molecular complexity index is 613. The Kier molecular flexibility index (Phi) is 4.32. The lowest BCUT2D eigenvalue weighted by Gasteiger charge is -2.11. The van der Waals surface area contributed by atoms with E-state index in [2.05, 4.69) is 9.72 Å². The molecule has 4 nitrogen and oxygen atoms in total. The molecule has 0 aliphatic rings.